The second-order valence-corrected chi connectivity index (χ2v) is 30.9. The molecule has 1 aliphatic carbocycles. The first kappa shape index (κ1) is 95.1. The Morgan fingerprint density at radius 1 is 0.439 bits per heavy atom. The van der Waals surface area contributed by atoms with Crippen molar-refractivity contribution in [1.29, 1.82) is 0 Å². The lowest BCUT2D eigenvalue weighted by molar-refractivity contribution is -0.145. The van der Waals surface area contributed by atoms with Crippen LogP contribution in [0.5, 0.6) is 40.2 Å². The maximum absolute atomic E-state index is 11.5. The third-order valence-corrected chi connectivity index (χ3v) is 21.7. The number of aryl methyl sites for hydroxylation is 3. The summed E-state index contributed by atoms with van der Waals surface area (Å²) in [5, 5.41) is 47.4. The summed E-state index contributed by atoms with van der Waals surface area (Å²) in [5.41, 5.74) is 16.4. The second kappa shape index (κ2) is 45.6. The van der Waals surface area contributed by atoms with Gasteiger partial charge >= 0.3 is 17.9 Å². The molecule has 0 radical (unpaired) electrons. The minimum atomic E-state index is -0.995. The minimum absolute atomic E-state index is 0. The maximum atomic E-state index is 11.5. The van der Waals surface area contributed by atoms with Gasteiger partial charge in [0, 0.05) is 62.9 Å². The SMILES string of the molecule is C.C.C.C.CCCC(Oc1cccc(COc2cccc(OCc3ccc4ccccc4n3)c2)c1)C(=O)O.Cc1oc(-c2ccc(OCc3ccc4ccccc4n3)cc2)cc1C(=O)O.Cn1cc(C(=O)O)c2cc(OCc3cccc(OCc4ccc5ccccc5n4)c3)ccc21.c1cc(CC2CCc3ccc(OCc4ccc5ccccc5n4)cc3C2)cc(-c2nn[nH]n2)c1. The molecule has 0 spiro atoms. The molecule has 0 amide bonds. The number of tetrazole rings is 1. The summed E-state index contributed by atoms with van der Waals surface area (Å²) >= 11 is 0. The number of aliphatic carboxylic acids is 1. The molecule has 7 aromatic heterocycles. The van der Waals surface area contributed by atoms with Crippen LogP contribution in [0.15, 0.2) is 320 Å². The fraction of sp³-hybridized carbons (Fsp3) is 0.193. The minimum Gasteiger partial charge on any atom is -0.489 e. The number of rotatable bonds is 29. The predicted octanol–water partition coefficient (Wildman–Crippen LogP) is 24.6. The van der Waals surface area contributed by atoms with Gasteiger partial charge in [-0.05, 0) is 230 Å². The number of nitrogens with one attached hydrogen (secondary N) is 1. The second-order valence-electron chi connectivity index (χ2n) is 30.9. The average molecular weight is 1770 g/mol. The lowest BCUT2D eigenvalue weighted by Crippen LogP contribution is -2.26. The van der Waals surface area contributed by atoms with E-state index < -0.39 is 24.0 Å². The molecule has 0 saturated carbocycles. The summed E-state index contributed by atoms with van der Waals surface area (Å²) in [5.74, 6) is 4.08. The summed E-state index contributed by atoms with van der Waals surface area (Å²) in [7, 11) is 1.83. The molecule has 18 aromatic rings. The number of carbonyl (C=O) groups is 3. The monoisotopic (exact) mass is 1770 g/mol. The zero-order valence-electron chi connectivity index (χ0n) is 70.6. The standard InChI is InChI=1S/C28H25N5O.C28H27NO5.C27H22N2O4.C22H17NO4.4CH4/c1-2-7-27-22(5-1)10-12-25(29-27)18-34-26-13-11-21-9-8-20(16-24(21)17-26)14-19-4-3-6-23(15-19)28-30-32-33-31-28;1-2-7-27(28(30)31)34-25-12-5-8-20(16-25)18-32-23-10-6-11-24(17-23)33-19-22-15-14-21-9-3-4-13-26(21)29-22;1-29-15-24(27(30)31)23-14-22(11-12-26(23)29)32-16-18-5-4-7-21(13-18)33-17-20-10-9-19-6-2-3-8-25(19)28-20;1-14-19(22(24)25)12-21(27-14)16-7-10-18(11-8-16)26-13-17-9-6-15-4-2-3-5-20(15)23-17;;;;/h1-7,10-13,15,17,20H,8-9,14,16,18H2,(H,30,31,32,33);3-6,8-17,27H,2,7,18-19H2,1H3,(H,30,31);2-15H,16-17H2,1H3,(H,30,31);2-12H,13H2,1H3,(H,24,25);4*1H4. The van der Waals surface area contributed by atoms with E-state index in [-0.39, 0.29) is 40.8 Å². The molecule has 19 rings (SSSR count). The lowest BCUT2D eigenvalue weighted by Gasteiger charge is -2.25. The highest BCUT2D eigenvalue weighted by Gasteiger charge is 2.23. The third kappa shape index (κ3) is 25.0. The van der Waals surface area contributed by atoms with Gasteiger partial charge in [0.2, 0.25) is 5.82 Å². The Labute approximate surface area is 767 Å². The van der Waals surface area contributed by atoms with Crippen LogP contribution in [0.2, 0.25) is 0 Å². The molecule has 0 saturated heterocycles. The quantitative estimate of drug-likeness (QED) is 0.0338. The third-order valence-electron chi connectivity index (χ3n) is 21.7. The molecule has 23 heteroatoms. The number of H-pyrrole nitrogens is 1. The first-order valence-corrected chi connectivity index (χ1v) is 42.1. The van der Waals surface area contributed by atoms with Gasteiger partial charge in [0.05, 0.1) is 50.4 Å². The van der Waals surface area contributed by atoms with E-state index >= 15 is 0 Å². The number of hydrogen-bond donors (Lipinski definition) is 4. The number of ether oxygens (including phenoxy) is 7. The van der Waals surface area contributed by atoms with Gasteiger partial charge in [0.15, 0.2) is 6.10 Å². The van der Waals surface area contributed by atoms with E-state index in [4.69, 9.17) is 47.7 Å². The summed E-state index contributed by atoms with van der Waals surface area (Å²) < 4.78 is 48.7. The zero-order chi connectivity index (χ0) is 88.1. The summed E-state index contributed by atoms with van der Waals surface area (Å²) in [6.45, 7) is 5.79. The number of aromatic carboxylic acids is 2. The molecule has 1 aliphatic rings. The van der Waals surface area contributed by atoms with E-state index in [9.17, 15) is 24.6 Å². The van der Waals surface area contributed by atoms with Gasteiger partial charge < -0.3 is 57.5 Å². The topological polar surface area (TPSA) is 301 Å². The highest BCUT2D eigenvalue weighted by Crippen LogP contribution is 2.35. The summed E-state index contributed by atoms with van der Waals surface area (Å²) in [4.78, 5) is 52.6. The first-order valence-electron chi connectivity index (χ1n) is 42.1. The van der Waals surface area contributed by atoms with Crippen molar-refractivity contribution in [3.63, 3.8) is 0 Å². The highest BCUT2D eigenvalue weighted by molar-refractivity contribution is 6.04. The van der Waals surface area contributed by atoms with Crippen molar-refractivity contribution >= 4 is 72.4 Å². The number of nitrogens with zero attached hydrogens (tertiary/aromatic N) is 8. The molecule has 672 valence electrons. The lowest BCUT2D eigenvalue weighted by atomic mass is 9.80. The van der Waals surface area contributed by atoms with Crippen molar-refractivity contribution < 1.29 is 67.3 Å². The molecule has 2 unspecified atom stereocenters. The number of carboxylic acid groups (broad SMARTS) is 3. The van der Waals surface area contributed by atoms with Crippen molar-refractivity contribution in [1.82, 2.24) is 45.1 Å². The molecule has 2 atom stereocenters. The van der Waals surface area contributed by atoms with E-state index in [1.165, 1.54) is 29.2 Å². The summed E-state index contributed by atoms with van der Waals surface area (Å²) in [6, 6.07) is 100. The molecular weight excluding hydrogens is 1660 g/mol. The molecule has 23 nitrogen and oxygen atoms in total. The Morgan fingerprint density at radius 2 is 0.894 bits per heavy atom. The predicted molar refractivity (Wildman–Crippen MR) is 517 cm³/mol. The largest absolute Gasteiger partial charge is 0.489 e. The van der Waals surface area contributed by atoms with Crippen molar-refractivity contribution in [2.75, 3.05) is 0 Å². The van der Waals surface area contributed by atoms with Crippen LogP contribution in [0.4, 0.5) is 0 Å². The van der Waals surface area contributed by atoms with Crippen LogP contribution in [0, 0.1) is 12.8 Å². The number of para-hydroxylation sites is 4. The Hall–Kier alpha value is -16.0. The first-order chi connectivity index (χ1) is 62.6. The van der Waals surface area contributed by atoms with Gasteiger partial charge in [-0.1, -0.05) is 195 Å². The van der Waals surface area contributed by atoms with Crippen molar-refractivity contribution in [3.8, 4) is 63.0 Å². The van der Waals surface area contributed by atoms with Crippen LogP contribution in [0.3, 0.4) is 0 Å². The van der Waals surface area contributed by atoms with Gasteiger partial charge in [-0.25, -0.2) is 34.3 Å². The van der Waals surface area contributed by atoms with Crippen LogP contribution in [-0.4, -0.2) is 84.5 Å². The van der Waals surface area contributed by atoms with E-state index in [0.29, 0.717) is 103 Å². The van der Waals surface area contributed by atoms with Crippen molar-refractivity contribution in [2.24, 2.45) is 13.0 Å². The van der Waals surface area contributed by atoms with Crippen LogP contribution in [0.1, 0.15) is 133 Å². The molecule has 132 heavy (non-hydrogen) atoms. The number of aromatic amines is 1. The molecule has 11 aromatic carbocycles. The van der Waals surface area contributed by atoms with Gasteiger partial charge in [0.25, 0.3) is 0 Å². The number of aromatic nitrogens is 9. The van der Waals surface area contributed by atoms with Crippen molar-refractivity contribution in [3.05, 3.63) is 383 Å². The van der Waals surface area contributed by atoms with Crippen LogP contribution < -0.4 is 33.2 Å². The molecular formula is C109H107N9O14. The molecule has 7 heterocycles. The number of benzene rings is 11. The number of hydrogen-bond acceptors (Lipinski definition) is 18. The molecule has 0 aliphatic heterocycles. The maximum Gasteiger partial charge on any atom is 0.344 e. The number of carboxylic acids is 3. The highest BCUT2D eigenvalue weighted by atomic mass is 16.5. The average Bonchev–Trinajstić information content (AvgIpc) is 1.62. The number of furan rings is 1. The molecule has 4 N–H and O–H groups in total. The summed E-state index contributed by atoms with van der Waals surface area (Å²) in [6.07, 6.45) is 6.35. The van der Waals surface area contributed by atoms with Gasteiger partial charge in [0.1, 0.15) is 97.0 Å². The van der Waals surface area contributed by atoms with Crippen molar-refractivity contribution in [2.45, 2.75) is 128 Å². The Bertz CT molecular complexity index is 6920. The Kier molecular flexibility index (Phi) is 32.8. The molecule has 0 fully saturated rings. The number of fused-ring (bicyclic) bond motifs is 6. The Morgan fingerprint density at radius 3 is 1.40 bits per heavy atom. The number of pyridine rings is 4. The molecule has 0 bridgehead atoms. The van der Waals surface area contributed by atoms with E-state index in [1.54, 1.807) is 35.9 Å². The van der Waals surface area contributed by atoms with Gasteiger partial charge in [-0.15, -0.1) is 10.2 Å². The smallest absolute Gasteiger partial charge is 0.344 e. The van der Waals surface area contributed by atoms with Gasteiger partial charge in [-0.3, -0.25) is 0 Å². The normalized spacial score (nSPS) is 11.9. The van der Waals surface area contributed by atoms with Crippen LogP contribution in [0.25, 0.3) is 77.2 Å². The van der Waals surface area contributed by atoms with E-state index in [0.717, 1.165) is 131 Å². The van der Waals surface area contributed by atoms with Crippen LogP contribution in [-0.2, 0) is 70.7 Å². The zero-order valence-corrected chi connectivity index (χ0v) is 70.6. The van der Waals surface area contributed by atoms with E-state index in [2.05, 4.69) is 84.1 Å². The van der Waals surface area contributed by atoms with E-state index in [1.807, 2.05) is 251 Å². The fourth-order valence-electron chi connectivity index (χ4n) is 15.2. The fourth-order valence-corrected chi connectivity index (χ4v) is 15.2. The van der Waals surface area contributed by atoms with Crippen LogP contribution >= 0.6 is 0 Å². The van der Waals surface area contributed by atoms with Gasteiger partial charge in [-0.2, -0.15) is 5.21 Å². The Balaban J connectivity index is 0.000000158.